The highest BCUT2D eigenvalue weighted by Gasteiger charge is 2.63. The molecule has 3 aliphatic heterocycles. The van der Waals surface area contributed by atoms with Crippen molar-refractivity contribution in [2.75, 3.05) is 13.1 Å². The Morgan fingerprint density at radius 2 is 2.10 bits per heavy atom. The van der Waals surface area contributed by atoms with Crippen molar-refractivity contribution in [3.8, 4) is 0 Å². The van der Waals surface area contributed by atoms with Gasteiger partial charge in [0.15, 0.2) is 6.04 Å². The van der Waals surface area contributed by atoms with Crippen molar-refractivity contribution in [1.82, 2.24) is 19.4 Å². The van der Waals surface area contributed by atoms with Gasteiger partial charge in [0, 0.05) is 36.8 Å². The summed E-state index contributed by atoms with van der Waals surface area (Å²) in [6, 6.07) is -1.22. The van der Waals surface area contributed by atoms with Gasteiger partial charge in [-0.25, -0.2) is 9.78 Å². The van der Waals surface area contributed by atoms with Crippen molar-refractivity contribution in [2.24, 2.45) is 10.9 Å². The Kier molecular flexibility index (Phi) is 7.81. The summed E-state index contributed by atoms with van der Waals surface area (Å²) in [6.45, 7) is 6.67. The molecule has 1 aromatic rings. The van der Waals surface area contributed by atoms with Gasteiger partial charge < -0.3 is 24.9 Å². The summed E-state index contributed by atoms with van der Waals surface area (Å²) in [4.78, 5) is 36.3. The fourth-order valence-electron chi connectivity index (χ4n) is 4.40. The fraction of sp³-hybridized carbons (Fsp3) is 0.684. The molecular weight excluding hydrogens is 430 g/mol. The van der Waals surface area contributed by atoms with E-state index in [4.69, 9.17) is 0 Å². The third-order valence-electron chi connectivity index (χ3n) is 6.04. The molecule has 0 radical (unpaired) electrons. The number of hydrogen-bond acceptors (Lipinski definition) is 5. The first-order valence-electron chi connectivity index (χ1n) is 9.83. The van der Waals surface area contributed by atoms with E-state index in [0.717, 1.165) is 38.9 Å². The van der Waals surface area contributed by atoms with E-state index in [1.54, 1.807) is 11.8 Å². The van der Waals surface area contributed by atoms with Crippen LogP contribution in [0.15, 0.2) is 23.7 Å². The lowest BCUT2D eigenvalue weighted by Gasteiger charge is -2.41. The lowest BCUT2D eigenvalue weighted by Crippen LogP contribution is -2.65. The van der Waals surface area contributed by atoms with E-state index in [9.17, 15) is 14.7 Å². The van der Waals surface area contributed by atoms with Crippen LogP contribution in [0.5, 0.6) is 0 Å². The number of aliphatic imine (C=N–C) groups is 1. The average Bonchev–Trinajstić information content (AvgIpc) is 3.25. The van der Waals surface area contributed by atoms with Gasteiger partial charge in [0.1, 0.15) is 11.4 Å². The molecule has 0 spiro atoms. The first-order chi connectivity index (χ1) is 13.4. The molecule has 4 heterocycles. The molecule has 168 valence electrons. The van der Waals surface area contributed by atoms with Crippen molar-refractivity contribution >= 4 is 42.4 Å². The Bertz CT molecular complexity index is 767. The number of carboxylic acids is 1. The lowest BCUT2D eigenvalue weighted by atomic mass is 9.94. The molecule has 3 aliphatic rings. The highest BCUT2D eigenvalue weighted by atomic mass is 35.5. The highest BCUT2D eigenvalue weighted by Crippen LogP contribution is 2.51. The second kappa shape index (κ2) is 9.57. The van der Waals surface area contributed by atoms with Crippen LogP contribution in [-0.2, 0) is 16.1 Å². The van der Waals surface area contributed by atoms with Crippen LogP contribution >= 0.6 is 24.2 Å². The maximum absolute atomic E-state index is 12.5. The van der Waals surface area contributed by atoms with Crippen LogP contribution in [0.4, 0.5) is 0 Å². The Hall–Kier alpha value is -1.78. The van der Waals surface area contributed by atoms with Crippen LogP contribution in [0.2, 0.25) is 0 Å². The van der Waals surface area contributed by atoms with Crippen LogP contribution < -0.4 is 0 Å². The van der Waals surface area contributed by atoms with Crippen LogP contribution in [0.3, 0.4) is 0 Å². The van der Waals surface area contributed by atoms with E-state index in [0.29, 0.717) is 5.92 Å². The Labute approximate surface area is 186 Å². The standard InChI is InChI=1S/C19H27N5O3S.ClH.H2O/c1-19(2)15(18(26)27)24-16(25)14(17(24)28-19)21-12-22-7-3-13(4-8-22)5-9-23-10-6-20-11-23;;/h6,10-15,17H,3-5,7-9H2,1-2H3,(H,26,27);1H;1H2/t14?,15-,17?;;/m0../s1. The molecule has 0 saturated carbocycles. The third kappa shape index (κ3) is 4.60. The Morgan fingerprint density at radius 1 is 1.40 bits per heavy atom. The largest absolute Gasteiger partial charge is 0.480 e. The number of fused-ring (bicyclic) bond motifs is 1. The number of β-lactam (4-membered cyclic amide) rings is 1. The van der Waals surface area contributed by atoms with E-state index in [1.807, 2.05) is 38.9 Å². The van der Waals surface area contributed by atoms with Gasteiger partial charge in [-0.3, -0.25) is 9.79 Å². The molecule has 0 aliphatic carbocycles. The molecule has 3 fully saturated rings. The molecule has 1 aromatic heterocycles. The number of aryl methyl sites for hydroxylation is 1. The number of amides is 1. The number of thioether (sulfide) groups is 1. The van der Waals surface area contributed by atoms with Crippen molar-refractivity contribution in [3.63, 3.8) is 0 Å². The molecule has 9 nitrogen and oxygen atoms in total. The summed E-state index contributed by atoms with van der Waals surface area (Å²) < 4.78 is 1.62. The van der Waals surface area contributed by atoms with Gasteiger partial charge in [0.2, 0.25) is 0 Å². The second-order valence-corrected chi connectivity index (χ2v) is 10.1. The zero-order valence-electron chi connectivity index (χ0n) is 17.2. The summed E-state index contributed by atoms with van der Waals surface area (Å²) in [5.41, 5.74) is 0. The molecule has 2 unspecified atom stereocenters. The molecule has 30 heavy (non-hydrogen) atoms. The summed E-state index contributed by atoms with van der Waals surface area (Å²) in [7, 11) is 0. The van der Waals surface area contributed by atoms with Gasteiger partial charge >= 0.3 is 5.97 Å². The Morgan fingerprint density at radius 3 is 2.70 bits per heavy atom. The van der Waals surface area contributed by atoms with E-state index in [1.165, 1.54) is 4.90 Å². The summed E-state index contributed by atoms with van der Waals surface area (Å²) in [5, 5.41) is 9.32. The monoisotopic (exact) mass is 459 g/mol. The number of likely N-dealkylation sites (tertiary alicyclic amines) is 1. The topological polar surface area (TPSA) is 123 Å². The molecule has 0 aromatic carbocycles. The molecule has 4 rings (SSSR count). The summed E-state index contributed by atoms with van der Waals surface area (Å²) >= 11 is 1.54. The molecule has 11 heteroatoms. The summed E-state index contributed by atoms with van der Waals surface area (Å²) in [6.07, 6.45) is 10.9. The number of hydrogen-bond donors (Lipinski definition) is 1. The average molecular weight is 460 g/mol. The van der Waals surface area contributed by atoms with Gasteiger partial charge in [-0.2, -0.15) is 0 Å². The van der Waals surface area contributed by atoms with Crippen molar-refractivity contribution in [2.45, 2.75) is 61.9 Å². The number of piperidine rings is 1. The minimum atomic E-state index is -0.937. The van der Waals surface area contributed by atoms with Crippen molar-refractivity contribution < 1.29 is 20.2 Å². The molecule has 3 N–H and O–H groups in total. The molecular formula is C19H30ClN5O4S. The van der Waals surface area contributed by atoms with Crippen LogP contribution in [0, 0.1) is 5.92 Å². The molecule has 0 bridgehead atoms. The first-order valence-corrected chi connectivity index (χ1v) is 10.7. The van der Waals surface area contributed by atoms with Gasteiger partial charge in [-0.05, 0) is 39.0 Å². The maximum Gasteiger partial charge on any atom is 0.327 e. The number of aliphatic carboxylic acids is 1. The predicted molar refractivity (Wildman–Crippen MR) is 118 cm³/mol. The molecule has 3 atom stereocenters. The lowest BCUT2D eigenvalue weighted by molar-refractivity contribution is -0.158. The number of imidazole rings is 1. The van der Waals surface area contributed by atoms with Crippen molar-refractivity contribution in [3.05, 3.63) is 18.7 Å². The second-order valence-electron chi connectivity index (χ2n) is 8.38. The van der Waals surface area contributed by atoms with Crippen LogP contribution in [0.25, 0.3) is 0 Å². The predicted octanol–water partition coefficient (Wildman–Crippen LogP) is 1.13. The zero-order valence-corrected chi connectivity index (χ0v) is 18.8. The number of halogens is 1. The highest BCUT2D eigenvalue weighted by molar-refractivity contribution is 8.01. The number of carbonyl (C=O) groups is 2. The number of carbonyl (C=O) groups excluding carboxylic acids is 1. The Balaban J connectivity index is 0.00000160. The number of nitrogens with zero attached hydrogens (tertiary/aromatic N) is 5. The van der Waals surface area contributed by atoms with E-state index >= 15 is 0 Å². The number of carboxylic acid groups (broad SMARTS) is 1. The van der Waals surface area contributed by atoms with Gasteiger partial charge in [-0.15, -0.1) is 24.2 Å². The minimum Gasteiger partial charge on any atom is -0.480 e. The van der Waals surface area contributed by atoms with E-state index in [2.05, 4.69) is 19.4 Å². The number of aromatic nitrogens is 2. The van der Waals surface area contributed by atoms with Crippen LogP contribution in [0.1, 0.15) is 33.1 Å². The maximum atomic E-state index is 12.5. The van der Waals surface area contributed by atoms with E-state index < -0.39 is 22.8 Å². The normalized spacial score (nSPS) is 27.9. The number of rotatable bonds is 6. The molecule has 3 saturated heterocycles. The van der Waals surface area contributed by atoms with Crippen LogP contribution in [-0.4, -0.2) is 83.4 Å². The third-order valence-corrected chi connectivity index (χ3v) is 7.60. The fourth-order valence-corrected chi connectivity index (χ4v) is 6.02. The van der Waals surface area contributed by atoms with Gasteiger partial charge in [0.05, 0.1) is 12.7 Å². The van der Waals surface area contributed by atoms with Gasteiger partial charge in [-0.1, -0.05) is 0 Å². The zero-order chi connectivity index (χ0) is 19.9. The first kappa shape index (κ1) is 24.5. The smallest absolute Gasteiger partial charge is 0.327 e. The quantitative estimate of drug-likeness (QED) is 0.386. The van der Waals surface area contributed by atoms with Gasteiger partial charge in [0.25, 0.3) is 5.91 Å². The SMILES string of the molecule is CC1(C)SC2C(N=CN3CCC(CCn4ccnc4)CC3)C(=O)N2[C@H]1C(=O)O.Cl.O. The summed E-state index contributed by atoms with van der Waals surface area (Å²) in [5.74, 6) is -0.397. The van der Waals surface area contributed by atoms with E-state index in [-0.39, 0.29) is 29.2 Å². The van der Waals surface area contributed by atoms with Crippen molar-refractivity contribution in [1.29, 1.82) is 0 Å². The minimum absolute atomic E-state index is 0. The molecule has 1 amide bonds.